The summed E-state index contributed by atoms with van der Waals surface area (Å²) < 4.78 is 5.71. The molecule has 2 nitrogen and oxygen atoms in total. The van der Waals surface area contributed by atoms with Gasteiger partial charge in [0.05, 0.1) is 12.3 Å². The zero-order valence-corrected chi connectivity index (χ0v) is 12.4. The van der Waals surface area contributed by atoms with Gasteiger partial charge in [-0.2, -0.15) is 0 Å². The standard InChI is InChI=1S/C15H24ClNO/c1-4-6-12(3)11-17-14-10-13(16)7-8-15(14)18-9-5-2/h7-8,10,12,17H,4-6,9,11H2,1-3H3. The van der Waals surface area contributed by atoms with E-state index in [4.69, 9.17) is 16.3 Å². The van der Waals surface area contributed by atoms with Crippen molar-refractivity contribution in [2.24, 2.45) is 5.92 Å². The molecular weight excluding hydrogens is 246 g/mol. The molecule has 3 heteroatoms. The molecule has 18 heavy (non-hydrogen) atoms. The molecule has 0 aliphatic rings. The van der Waals surface area contributed by atoms with Gasteiger partial charge in [0.25, 0.3) is 0 Å². The van der Waals surface area contributed by atoms with Gasteiger partial charge in [-0.3, -0.25) is 0 Å². The lowest BCUT2D eigenvalue weighted by Gasteiger charge is -2.16. The fourth-order valence-electron chi connectivity index (χ4n) is 1.86. The van der Waals surface area contributed by atoms with Crippen LogP contribution in [-0.4, -0.2) is 13.2 Å². The second-order valence-corrected chi connectivity index (χ2v) is 5.20. The highest BCUT2D eigenvalue weighted by Crippen LogP contribution is 2.28. The number of hydrogen-bond acceptors (Lipinski definition) is 2. The van der Waals surface area contributed by atoms with Crippen molar-refractivity contribution in [1.29, 1.82) is 0 Å². The second kappa shape index (κ2) is 8.25. The molecule has 0 aliphatic heterocycles. The molecule has 0 radical (unpaired) electrons. The Morgan fingerprint density at radius 3 is 2.72 bits per heavy atom. The van der Waals surface area contributed by atoms with Crippen LogP contribution in [0.15, 0.2) is 18.2 Å². The summed E-state index contributed by atoms with van der Waals surface area (Å²) in [5, 5.41) is 4.18. The molecule has 102 valence electrons. The topological polar surface area (TPSA) is 21.3 Å². The normalized spacial score (nSPS) is 12.2. The molecule has 1 atom stereocenters. The third-order valence-corrected chi connectivity index (χ3v) is 3.06. The Bertz CT molecular complexity index is 354. The van der Waals surface area contributed by atoms with Crippen LogP contribution < -0.4 is 10.1 Å². The van der Waals surface area contributed by atoms with Gasteiger partial charge in [0.1, 0.15) is 5.75 Å². The Morgan fingerprint density at radius 2 is 2.06 bits per heavy atom. The molecule has 1 unspecified atom stereocenters. The van der Waals surface area contributed by atoms with Crippen LogP contribution in [0.3, 0.4) is 0 Å². The van der Waals surface area contributed by atoms with Crippen LogP contribution in [0, 0.1) is 5.92 Å². The first-order valence-electron chi connectivity index (χ1n) is 6.83. The van der Waals surface area contributed by atoms with E-state index in [-0.39, 0.29) is 0 Å². The predicted octanol–water partition coefficient (Wildman–Crippen LogP) is 4.98. The number of benzene rings is 1. The molecule has 1 aromatic carbocycles. The van der Waals surface area contributed by atoms with E-state index < -0.39 is 0 Å². The van der Waals surface area contributed by atoms with Gasteiger partial charge < -0.3 is 10.1 Å². The van der Waals surface area contributed by atoms with E-state index in [9.17, 15) is 0 Å². The first-order valence-corrected chi connectivity index (χ1v) is 7.21. The van der Waals surface area contributed by atoms with E-state index in [0.717, 1.165) is 36.0 Å². The van der Waals surface area contributed by atoms with Crippen molar-refractivity contribution in [3.05, 3.63) is 23.2 Å². The van der Waals surface area contributed by atoms with Crippen LogP contribution in [0.1, 0.15) is 40.0 Å². The quantitative estimate of drug-likeness (QED) is 0.719. The summed E-state index contributed by atoms with van der Waals surface area (Å²) in [6, 6.07) is 5.74. The SMILES string of the molecule is CCCOc1ccc(Cl)cc1NCC(C)CCC. The number of hydrogen-bond donors (Lipinski definition) is 1. The number of ether oxygens (including phenoxy) is 1. The van der Waals surface area contributed by atoms with E-state index in [1.54, 1.807) is 0 Å². The Labute approximate surface area is 116 Å². The zero-order chi connectivity index (χ0) is 13.4. The molecule has 1 aromatic rings. The lowest BCUT2D eigenvalue weighted by Crippen LogP contribution is -2.12. The molecule has 0 fully saturated rings. The summed E-state index contributed by atoms with van der Waals surface area (Å²) in [5.74, 6) is 1.55. The Hall–Kier alpha value is -0.890. The molecule has 0 amide bonds. The number of anilines is 1. The molecule has 0 heterocycles. The third-order valence-electron chi connectivity index (χ3n) is 2.83. The molecule has 0 aromatic heterocycles. The smallest absolute Gasteiger partial charge is 0.142 e. The maximum absolute atomic E-state index is 6.03. The highest BCUT2D eigenvalue weighted by Gasteiger charge is 2.06. The van der Waals surface area contributed by atoms with Gasteiger partial charge in [0, 0.05) is 11.6 Å². The minimum Gasteiger partial charge on any atom is -0.491 e. The van der Waals surface area contributed by atoms with Gasteiger partial charge >= 0.3 is 0 Å². The molecule has 0 aliphatic carbocycles. The highest BCUT2D eigenvalue weighted by atomic mass is 35.5. The van der Waals surface area contributed by atoms with Crippen molar-refractivity contribution < 1.29 is 4.74 Å². The second-order valence-electron chi connectivity index (χ2n) is 4.76. The van der Waals surface area contributed by atoms with Gasteiger partial charge in [-0.05, 0) is 37.0 Å². The maximum Gasteiger partial charge on any atom is 0.142 e. The van der Waals surface area contributed by atoms with Gasteiger partial charge in [-0.1, -0.05) is 38.8 Å². The summed E-state index contributed by atoms with van der Waals surface area (Å²) in [6.45, 7) is 8.27. The molecule has 1 N–H and O–H groups in total. The van der Waals surface area contributed by atoms with Crippen molar-refractivity contribution in [3.8, 4) is 5.75 Å². The van der Waals surface area contributed by atoms with E-state index in [0.29, 0.717) is 5.92 Å². The first-order chi connectivity index (χ1) is 8.67. The molecule has 0 saturated carbocycles. The van der Waals surface area contributed by atoms with Crippen LogP contribution in [0.5, 0.6) is 5.75 Å². The van der Waals surface area contributed by atoms with Crippen molar-refractivity contribution in [2.75, 3.05) is 18.5 Å². The lowest BCUT2D eigenvalue weighted by molar-refractivity contribution is 0.318. The first kappa shape index (κ1) is 15.2. The third kappa shape index (κ3) is 5.18. The molecule has 0 bridgehead atoms. The molecule has 1 rings (SSSR count). The minimum absolute atomic E-state index is 0.660. The maximum atomic E-state index is 6.03. The predicted molar refractivity (Wildman–Crippen MR) is 79.8 cm³/mol. The van der Waals surface area contributed by atoms with E-state index in [1.165, 1.54) is 12.8 Å². The summed E-state index contributed by atoms with van der Waals surface area (Å²) in [4.78, 5) is 0. The van der Waals surface area contributed by atoms with Gasteiger partial charge in [0.2, 0.25) is 0 Å². The van der Waals surface area contributed by atoms with Gasteiger partial charge in [-0.15, -0.1) is 0 Å². The van der Waals surface area contributed by atoms with Crippen molar-refractivity contribution in [3.63, 3.8) is 0 Å². The number of halogens is 1. The Kier molecular flexibility index (Phi) is 6.96. The van der Waals surface area contributed by atoms with Gasteiger partial charge in [0.15, 0.2) is 0 Å². The van der Waals surface area contributed by atoms with Crippen LogP contribution in [-0.2, 0) is 0 Å². The Morgan fingerprint density at radius 1 is 1.28 bits per heavy atom. The minimum atomic E-state index is 0.660. The fraction of sp³-hybridized carbons (Fsp3) is 0.600. The lowest BCUT2D eigenvalue weighted by atomic mass is 10.1. The van der Waals surface area contributed by atoms with Crippen molar-refractivity contribution >= 4 is 17.3 Å². The summed E-state index contributed by atoms with van der Waals surface area (Å²) in [5.41, 5.74) is 0.999. The van der Waals surface area contributed by atoms with Crippen LogP contribution in [0.4, 0.5) is 5.69 Å². The molecular formula is C15H24ClNO. The Balaban J connectivity index is 2.63. The average molecular weight is 270 g/mol. The van der Waals surface area contributed by atoms with E-state index in [2.05, 4.69) is 26.1 Å². The summed E-state index contributed by atoms with van der Waals surface area (Å²) in [6.07, 6.45) is 3.46. The highest BCUT2D eigenvalue weighted by molar-refractivity contribution is 6.30. The molecule has 0 saturated heterocycles. The zero-order valence-electron chi connectivity index (χ0n) is 11.6. The summed E-state index contributed by atoms with van der Waals surface area (Å²) >= 11 is 6.03. The van der Waals surface area contributed by atoms with E-state index in [1.807, 2.05) is 18.2 Å². The van der Waals surface area contributed by atoms with Gasteiger partial charge in [-0.25, -0.2) is 0 Å². The van der Waals surface area contributed by atoms with Crippen LogP contribution >= 0.6 is 11.6 Å². The average Bonchev–Trinajstić information content (AvgIpc) is 2.35. The number of rotatable bonds is 8. The van der Waals surface area contributed by atoms with Crippen LogP contribution in [0.25, 0.3) is 0 Å². The monoisotopic (exact) mass is 269 g/mol. The van der Waals surface area contributed by atoms with Crippen molar-refractivity contribution in [2.45, 2.75) is 40.0 Å². The number of nitrogens with one attached hydrogen (secondary N) is 1. The molecule has 0 spiro atoms. The van der Waals surface area contributed by atoms with Crippen LogP contribution in [0.2, 0.25) is 5.02 Å². The summed E-state index contributed by atoms with van der Waals surface area (Å²) in [7, 11) is 0. The largest absolute Gasteiger partial charge is 0.491 e. The van der Waals surface area contributed by atoms with E-state index >= 15 is 0 Å². The fourth-order valence-corrected chi connectivity index (χ4v) is 2.03. The van der Waals surface area contributed by atoms with Crippen molar-refractivity contribution in [1.82, 2.24) is 0 Å².